The molecular weight excluding hydrogens is 584 g/mol. The smallest absolute Gasteiger partial charge is 0.306 e. The van der Waals surface area contributed by atoms with Crippen molar-refractivity contribution in [3.63, 3.8) is 0 Å². The van der Waals surface area contributed by atoms with Gasteiger partial charge in [-0.05, 0) is 49.5 Å². The van der Waals surface area contributed by atoms with Crippen molar-refractivity contribution in [1.29, 1.82) is 0 Å². The molecule has 0 aromatic heterocycles. The topological polar surface area (TPSA) is 61.8 Å². The predicted molar refractivity (Wildman–Crippen MR) is 197 cm³/mol. The number of hydrogen-bond donors (Lipinski definition) is 0. The van der Waals surface area contributed by atoms with Crippen LogP contribution in [0, 0.1) is 11.8 Å². The van der Waals surface area contributed by atoms with Crippen LogP contribution in [0.5, 0.6) is 0 Å². The normalized spacial score (nSPS) is 12.0. The Morgan fingerprint density at radius 3 is 1.53 bits per heavy atom. The van der Waals surface area contributed by atoms with E-state index in [0.29, 0.717) is 51.6 Å². The average molecular weight is 659 g/mol. The van der Waals surface area contributed by atoms with Gasteiger partial charge >= 0.3 is 11.9 Å². The predicted octanol–water partition coefficient (Wildman–Crippen LogP) is 12.3. The number of hydrogen-bond acceptors (Lipinski definition) is 5. The maximum absolute atomic E-state index is 12.9. The van der Waals surface area contributed by atoms with E-state index in [1.807, 2.05) is 18.2 Å². The summed E-state index contributed by atoms with van der Waals surface area (Å²) in [6.45, 7) is 8.64. The van der Waals surface area contributed by atoms with Gasteiger partial charge in [0.2, 0.25) is 0 Å². The van der Waals surface area contributed by atoms with E-state index in [1.165, 1.54) is 109 Å². The monoisotopic (exact) mass is 659 g/mol. The Balaban J connectivity index is 2.44. The molecule has 1 aromatic rings. The first-order valence-electron chi connectivity index (χ1n) is 20.0. The molecule has 0 amide bonds. The highest BCUT2D eigenvalue weighted by Gasteiger charge is 2.17. The van der Waals surface area contributed by atoms with Crippen LogP contribution in [-0.2, 0) is 30.4 Å². The van der Waals surface area contributed by atoms with Crippen LogP contribution in [0.4, 0.5) is 0 Å². The van der Waals surface area contributed by atoms with E-state index < -0.39 is 0 Å². The Hall–Kier alpha value is -1.88. The lowest BCUT2D eigenvalue weighted by molar-refractivity contribution is -0.145. The molecule has 47 heavy (non-hydrogen) atoms. The largest absolute Gasteiger partial charge is 0.466 e. The van der Waals surface area contributed by atoms with Gasteiger partial charge in [-0.25, -0.2) is 0 Å². The van der Waals surface area contributed by atoms with Crippen LogP contribution in [0.25, 0.3) is 0 Å². The van der Waals surface area contributed by atoms with Crippen LogP contribution in [0.3, 0.4) is 0 Å². The van der Waals surface area contributed by atoms with Gasteiger partial charge in [0.25, 0.3) is 0 Å². The van der Waals surface area contributed by atoms with E-state index in [1.54, 1.807) is 0 Å². The fourth-order valence-electron chi connectivity index (χ4n) is 6.28. The number of rotatable bonds is 34. The van der Waals surface area contributed by atoms with E-state index >= 15 is 0 Å². The average Bonchev–Trinajstić information content (AvgIpc) is 3.07. The van der Waals surface area contributed by atoms with Gasteiger partial charge in [-0.1, -0.05) is 167 Å². The molecule has 1 atom stereocenters. The van der Waals surface area contributed by atoms with Gasteiger partial charge in [-0.3, -0.25) is 9.59 Å². The number of carbonyl (C=O) groups excluding carboxylic acids is 2. The van der Waals surface area contributed by atoms with Crippen LogP contribution in [0.1, 0.15) is 187 Å². The second-order valence-corrected chi connectivity index (χ2v) is 13.9. The fourth-order valence-corrected chi connectivity index (χ4v) is 6.28. The SMILES string of the molecule is CCCCCCCCCCCC(=O)OCCC(CCOC(=O)CC(CCCCCCC)CCCCCCC)COCc1ccccc1. The number of unbranched alkanes of at least 4 members (excludes halogenated alkanes) is 16. The lowest BCUT2D eigenvalue weighted by atomic mass is 9.91. The van der Waals surface area contributed by atoms with E-state index in [9.17, 15) is 9.59 Å². The van der Waals surface area contributed by atoms with Gasteiger partial charge in [0.05, 0.1) is 26.4 Å². The summed E-state index contributed by atoms with van der Waals surface area (Å²) >= 11 is 0. The number of esters is 2. The molecule has 0 heterocycles. The molecule has 0 N–H and O–H groups in total. The quantitative estimate of drug-likeness (QED) is 0.0545. The van der Waals surface area contributed by atoms with E-state index in [2.05, 4.69) is 32.9 Å². The minimum absolute atomic E-state index is 0.0616. The number of carbonyl (C=O) groups is 2. The molecule has 1 unspecified atom stereocenters. The Bertz CT molecular complexity index is 812. The molecule has 1 rings (SSSR count). The maximum atomic E-state index is 12.9. The summed E-state index contributed by atoms with van der Waals surface area (Å²) in [7, 11) is 0. The minimum atomic E-state index is -0.0984. The molecule has 0 saturated heterocycles. The molecule has 1 aromatic carbocycles. The Morgan fingerprint density at radius 2 is 1.00 bits per heavy atom. The molecule has 0 fully saturated rings. The van der Waals surface area contributed by atoms with Crippen molar-refractivity contribution in [3.8, 4) is 0 Å². The van der Waals surface area contributed by atoms with Crippen molar-refractivity contribution >= 4 is 11.9 Å². The molecule has 0 aliphatic heterocycles. The van der Waals surface area contributed by atoms with Gasteiger partial charge in [0.1, 0.15) is 0 Å². The molecule has 0 aliphatic carbocycles. The summed E-state index contributed by atoms with van der Waals surface area (Å²) in [6, 6.07) is 10.2. The third kappa shape index (κ3) is 27.7. The minimum Gasteiger partial charge on any atom is -0.466 e. The molecule has 0 saturated carbocycles. The highest BCUT2D eigenvalue weighted by molar-refractivity contribution is 5.69. The zero-order valence-electron chi connectivity index (χ0n) is 31.1. The number of ether oxygens (including phenoxy) is 3. The summed E-state index contributed by atoms with van der Waals surface area (Å²) in [5.41, 5.74) is 1.14. The van der Waals surface area contributed by atoms with E-state index in [0.717, 1.165) is 37.7 Å². The zero-order valence-corrected chi connectivity index (χ0v) is 31.1. The zero-order chi connectivity index (χ0) is 34.0. The van der Waals surface area contributed by atoms with Crippen LogP contribution in [-0.4, -0.2) is 31.8 Å². The Labute approximate surface area is 290 Å². The first kappa shape index (κ1) is 43.1. The maximum Gasteiger partial charge on any atom is 0.306 e. The van der Waals surface area contributed by atoms with Crippen LogP contribution < -0.4 is 0 Å². The summed E-state index contributed by atoms with van der Waals surface area (Å²) in [5, 5.41) is 0. The van der Waals surface area contributed by atoms with Crippen molar-refractivity contribution in [2.24, 2.45) is 11.8 Å². The lowest BCUT2D eigenvalue weighted by Crippen LogP contribution is -2.19. The molecule has 5 nitrogen and oxygen atoms in total. The van der Waals surface area contributed by atoms with Crippen molar-refractivity contribution in [1.82, 2.24) is 0 Å². The summed E-state index contributed by atoms with van der Waals surface area (Å²) in [5.74, 6) is 0.438. The van der Waals surface area contributed by atoms with Gasteiger partial charge in [-0.15, -0.1) is 0 Å². The Kier molecular flexibility index (Phi) is 30.0. The van der Waals surface area contributed by atoms with Gasteiger partial charge in [-0.2, -0.15) is 0 Å². The highest BCUT2D eigenvalue weighted by Crippen LogP contribution is 2.23. The van der Waals surface area contributed by atoms with Crippen LogP contribution >= 0.6 is 0 Å². The Morgan fingerprint density at radius 1 is 0.532 bits per heavy atom. The highest BCUT2D eigenvalue weighted by atomic mass is 16.5. The molecule has 0 radical (unpaired) electrons. The molecule has 0 spiro atoms. The van der Waals surface area contributed by atoms with Gasteiger partial charge < -0.3 is 14.2 Å². The third-order valence-electron chi connectivity index (χ3n) is 9.42. The molecule has 0 aliphatic rings. The second kappa shape index (κ2) is 32.7. The summed E-state index contributed by atoms with van der Waals surface area (Å²) in [4.78, 5) is 25.3. The molecule has 0 bridgehead atoms. The van der Waals surface area contributed by atoms with Crippen LogP contribution in [0.2, 0.25) is 0 Å². The van der Waals surface area contributed by atoms with E-state index in [4.69, 9.17) is 14.2 Å². The molecule has 5 heteroatoms. The molecule has 272 valence electrons. The third-order valence-corrected chi connectivity index (χ3v) is 9.42. The number of benzene rings is 1. The van der Waals surface area contributed by atoms with Crippen molar-refractivity contribution in [2.75, 3.05) is 19.8 Å². The first-order chi connectivity index (χ1) is 23.1. The molecular formula is C42H74O5. The van der Waals surface area contributed by atoms with Crippen molar-refractivity contribution in [3.05, 3.63) is 35.9 Å². The summed E-state index contributed by atoms with van der Waals surface area (Å²) < 4.78 is 17.5. The van der Waals surface area contributed by atoms with Crippen molar-refractivity contribution < 1.29 is 23.8 Å². The van der Waals surface area contributed by atoms with Crippen molar-refractivity contribution in [2.45, 2.75) is 188 Å². The first-order valence-corrected chi connectivity index (χ1v) is 20.0. The fraction of sp³-hybridized carbons (Fsp3) is 0.810. The van der Waals surface area contributed by atoms with Crippen LogP contribution in [0.15, 0.2) is 30.3 Å². The van der Waals surface area contributed by atoms with E-state index in [-0.39, 0.29) is 17.9 Å². The summed E-state index contributed by atoms with van der Waals surface area (Å²) in [6.07, 6.45) is 28.5. The van der Waals surface area contributed by atoms with Gasteiger partial charge in [0.15, 0.2) is 0 Å². The lowest BCUT2D eigenvalue weighted by Gasteiger charge is -2.19. The standard InChI is InChI=1S/C42H74O5/c1-4-7-10-13-14-15-16-19-25-30-41(43)46-33-31-40(37-45-36-39-28-23-20-24-29-39)32-34-47-42(44)35-38(26-21-17-11-8-5-2)27-22-18-12-9-6-3/h20,23-24,28-29,38,40H,4-19,21-22,25-27,30-37H2,1-3H3. The second-order valence-electron chi connectivity index (χ2n) is 13.9. The van der Waals surface area contributed by atoms with Gasteiger partial charge in [0, 0.05) is 12.8 Å².